The Hall–Kier alpha value is -4.17. The van der Waals surface area contributed by atoms with Gasteiger partial charge in [-0.25, -0.2) is 13.2 Å². The summed E-state index contributed by atoms with van der Waals surface area (Å²) in [4.78, 5) is 28.0. The maximum absolute atomic E-state index is 13.1. The molecule has 0 radical (unpaired) electrons. The Labute approximate surface area is 229 Å². The van der Waals surface area contributed by atoms with Gasteiger partial charge < -0.3 is 20.6 Å². The van der Waals surface area contributed by atoms with Gasteiger partial charge in [0.25, 0.3) is 15.9 Å². The van der Waals surface area contributed by atoms with E-state index in [1.54, 1.807) is 54.9 Å². The number of carbonyl (C=O) groups excluding carboxylic acids is 1. The number of benzene rings is 2. The minimum absolute atomic E-state index is 0.173. The van der Waals surface area contributed by atoms with Gasteiger partial charge in [-0.2, -0.15) is 13.2 Å². The first kappa shape index (κ1) is 30.4. The number of amides is 1. The van der Waals surface area contributed by atoms with Gasteiger partial charge in [0.2, 0.25) is 0 Å². The van der Waals surface area contributed by atoms with E-state index in [4.69, 9.17) is 9.90 Å². The highest BCUT2D eigenvalue weighted by atomic mass is 32.2. The van der Waals surface area contributed by atoms with Crippen LogP contribution in [0.15, 0.2) is 71.9 Å². The van der Waals surface area contributed by atoms with Crippen molar-refractivity contribution in [2.45, 2.75) is 24.5 Å². The highest BCUT2D eigenvalue weighted by Crippen LogP contribution is 2.30. The molecule has 214 valence electrons. The van der Waals surface area contributed by atoms with E-state index < -0.39 is 22.2 Å². The third-order valence-electron chi connectivity index (χ3n) is 5.74. The third-order valence-corrected chi connectivity index (χ3v) is 7.12. The van der Waals surface area contributed by atoms with Gasteiger partial charge in [-0.3, -0.25) is 14.5 Å². The summed E-state index contributed by atoms with van der Waals surface area (Å²) in [6.45, 7) is 5.35. The van der Waals surface area contributed by atoms with Crippen LogP contribution in [0.3, 0.4) is 0 Å². The lowest BCUT2D eigenvalue weighted by Crippen LogP contribution is -2.43. The van der Waals surface area contributed by atoms with E-state index in [-0.39, 0.29) is 10.8 Å². The zero-order chi connectivity index (χ0) is 29.3. The predicted octanol–water partition coefficient (Wildman–Crippen LogP) is 3.16. The van der Waals surface area contributed by atoms with Crippen molar-refractivity contribution in [2.75, 3.05) is 35.8 Å². The number of halogens is 3. The molecule has 0 unspecified atom stereocenters. The van der Waals surface area contributed by atoms with Gasteiger partial charge in [-0.1, -0.05) is 17.7 Å². The molecule has 1 fully saturated rings. The first-order valence-corrected chi connectivity index (χ1v) is 13.5. The molecule has 0 aliphatic carbocycles. The molecule has 10 nitrogen and oxygen atoms in total. The molecular weight excluding hydrogens is 551 g/mol. The number of piperazine rings is 1. The van der Waals surface area contributed by atoms with Crippen LogP contribution in [-0.4, -0.2) is 62.7 Å². The summed E-state index contributed by atoms with van der Waals surface area (Å²) in [5.41, 5.74) is 3.41. The Balaban J connectivity index is 0.000000559. The van der Waals surface area contributed by atoms with Crippen molar-refractivity contribution < 1.29 is 36.3 Å². The van der Waals surface area contributed by atoms with Crippen molar-refractivity contribution in [3.8, 4) is 0 Å². The number of pyridine rings is 1. The Bertz CT molecular complexity index is 1410. The Morgan fingerprint density at radius 3 is 2.20 bits per heavy atom. The van der Waals surface area contributed by atoms with Crippen molar-refractivity contribution >= 4 is 33.3 Å². The number of aromatic nitrogens is 1. The maximum Gasteiger partial charge on any atom is 0.490 e. The van der Waals surface area contributed by atoms with Gasteiger partial charge in [0.1, 0.15) is 0 Å². The van der Waals surface area contributed by atoms with Crippen LogP contribution >= 0.6 is 0 Å². The van der Waals surface area contributed by atoms with E-state index in [0.29, 0.717) is 17.8 Å². The number of hydrogen-bond acceptors (Lipinski definition) is 7. The van der Waals surface area contributed by atoms with Crippen molar-refractivity contribution in [2.24, 2.45) is 0 Å². The average Bonchev–Trinajstić information content (AvgIpc) is 2.92. The molecule has 40 heavy (non-hydrogen) atoms. The summed E-state index contributed by atoms with van der Waals surface area (Å²) in [5.74, 6) is -3.04. The topological polar surface area (TPSA) is 141 Å². The van der Waals surface area contributed by atoms with Gasteiger partial charge in [-0.15, -0.1) is 0 Å². The summed E-state index contributed by atoms with van der Waals surface area (Å²) < 4.78 is 60.6. The Morgan fingerprint density at radius 2 is 1.62 bits per heavy atom. The summed E-state index contributed by atoms with van der Waals surface area (Å²) >= 11 is 0. The summed E-state index contributed by atoms with van der Waals surface area (Å²) in [6.07, 6.45) is -1.75. The number of nitrogens with zero attached hydrogens (tertiary/aromatic N) is 2. The van der Waals surface area contributed by atoms with Gasteiger partial charge in [0, 0.05) is 50.7 Å². The van der Waals surface area contributed by atoms with Crippen LogP contribution in [0.1, 0.15) is 21.5 Å². The molecule has 2 heterocycles. The lowest BCUT2D eigenvalue weighted by atomic mass is 10.1. The number of nitrogens with one attached hydrogen (secondary N) is 3. The number of alkyl halides is 3. The van der Waals surface area contributed by atoms with Crippen LogP contribution in [0.5, 0.6) is 0 Å². The van der Waals surface area contributed by atoms with Gasteiger partial charge >= 0.3 is 12.1 Å². The number of carboxylic acid groups (broad SMARTS) is 1. The molecule has 0 spiro atoms. The Morgan fingerprint density at radius 1 is 1.02 bits per heavy atom. The molecule has 3 aromatic rings. The molecule has 1 amide bonds. The number of carboxylic acids is 1. The molecule has 4 N–H and O–H groups in total. The SMILES string of the molecule is Cc1ccc(S(=O)(=O)Nc2cc(C(=O)NCc3ccncc3)ccc2N2CCNCC2)cc1.O=C(O)C(F)(F)F. The standard InChI is InChI=1S/C24H27N5O3S.C2HF3O2/c1-18-2-5-21(6-3-18)33(31,32)28-22-16-20(4-7-23(22)29-14-12-26-13-15-29)24(30)27-17-19-8-10-25-11-9-19;3-2(4,5)1(6)7/h2-11,16,26,28H,12-15,17H2,1H3,(H,27,30);(H,6,7). The van der Waals surface area contributed by atoms with Crippen molar-refractivity contribution in [3.63, 3.8) is 0 Å². The van der Waals surface area contributed by atoms with Crippen LogP contribution in [0.2, 0.25) is 0 Å². The number of aryl methyl sites for hydroxylation is 1. The van der Waals surface area contributed by atoms with Crippen LogP contribution in [0, 0.1) is 6.92 Å². The molecular formula is C26H28F3N5O5S. The number of carbonyl (C=O) groups is 2. The fourth-order valence-corrected chi connectivity index (χ4v) is 4.71. The van der Waals surface area contributed by atoms with E-state index in [1.165, 1.54) is 0 Å². The second-order valence-electron chi connectivity index (χ2n) is 8.73. The minimum Gasteiger partial charge on any atom is -0.475 e. The van der Waals surface area contributed by atoms with Crippen LogP contribution in [0.25, 0.3) is 0 Å². The van der Waals surface area contributed by atoms with Crippen LogP contribution in [0.4, 0.5) is 24.5 Å². The van der Waals surface area contributed by atoms with E-state index >= 15 is 0 Å². The van der Waals surface area contributed by atoms with Crippen molar-refractivity contribution in [1.29, 1.82) is 0 Å². The molecule has 0 bridgehead atoms. The highest BCUT2D eigenvalue weighted by Gasteiger charge is 2.38. The molecule has 1 aromatic heterocycles. The number of hydrogen-bond donors (Lipinski definition) is 4. The molecule has 1 aliphatic heterocycles. The average molecular weight is 580 g/mol. The van der Waals surface area contributed by atoms with Gasteiger partial charge in [-0.05, 0) is 55.0 Å². The fourth-order valence-electron chi connectivity index (χ4n) is 3.65. The molecule has 0 saturated carbocycles. The first-order chi connectivity index (χ1) is 18.9. The fraction of sp³-hybridized carbons (Fsp3) is 0.269. The van der Waals surface area contributed by atoms with E-state index in [2.05, 4.69) is 25.2 Å². The molecule has 14 heteroatoms. The predicted molar refractivity (Wildman–Crippen MR) is 143 cm³/mol. The monoisotopic (exact) mass is 579 g/mol. The van der Waals surface area contributed by atoms with Gasteiger partial charge in [0.05, 0.1) is 16.3 Å². The van der Waals surface area contributed by atoms with E-state index in [9.17, 15) is 26.4 Å². The zero-order valence-corrected chi connectivity index (χ0v) is 22.2. The Kier molecular flexibility index (Phi) is 10.1. The molecule has 1 aliphatic rings. The number of aliphatic carboxylic acids is 1. The second kappa shape index (κ2) is 13.3. The highest BCUT2D eigenvalue weighted by molar-refractivity contribution is 7.92. The third kappa shape index (κ3) is 8.68. The normalized spacial score (nSPS) is 13.6. The number of sulfonamides is 1. The van der Waals surface area contributed by atoms with Crippen molar-refractivity contribution in [1.82, 2.24) is 15.6 Å². The van der Waals surface area contributed by atoms with E-state index in [1.807, 2.05) is 19.1 Å². The van der Waals surface area contributed by atoms with Crippen molar-refractivity contribution in [3.05, 3.63) is 83.7 Å². The second-order valence-corrected chi connectivity index (χ2v) is 10.4. The smallest absolute Gasteiger partial charge is 0.475 e. The van der Waals surface area contributed by atoms with Crippen LogP contribution < -0.4 is 20.3 Å². The zero-order valence-electron chi connectivity index (χ0n) is 21.4. The lowest BCUT2D eigenvalue weighted by Gasteiger charge is -2.31. The van der Waals surface area contributed by atoms with Crippen LogP contribution in [-0.2, 0) is 21.4 Å². The van der Waals surface area contributed by atoms with Gasteiger partial charge in [0.15, 0.2) is 0 Å². The largest absolute Gasteiger partial charge is 0.490 e. The minimum atomic E-state index is -5.08. The number of anilines is 2. The molecule has 1 saturated heterocycles. The maximum atomic E-state index is 13.1. The first-order valence-electron chi connectivity index (χ1n) is 12.0. The molecule has 2 aromatic carbocycles. The number of rotatable bonds is 7. The summed E-state index contributed by atoms with van der Waals surface area (Å²) in [5, 5.41) is 13.3. The lowest BCUT2D eigenvalue weighted by molar-refractivity contribution is -0.192. The molecule has 4 rings (SSSR count). The summed E-state index contributed by atoms with van der Waals surface area (Å²) in [7, 11) is -3.82. The van der Waals surface area contributed by atoms with E-state index in [0.717, 1.165) is 43.0 Å². The molecule has 0 atom stereocenters. The summed E-state index contributed by atoms with van der Waals surface area (Å²) in [6, 6.07) is 15.5. The quantitative estimate of drug-likeness (QED) is 0.335.